The van der Waals surface area contributed by atoms with Crippen LogP contribution >= 0.6 is 11.6 Å². The lowest BCUT2D eigenvalue weighted by atomic mass is 9.84. The highest BCUT2D eigenvalue weighted by molar-refractivity contribution is 6.30. The number of imide groups is 1. The first kappa shape index (κ1) is 15.3. The minimum Gasteiger partial charge on any atom is -0.337 e. The largest absolute Gasteiger partial charge is 0.337 e. The molecule has 4 rings (SSSR count). The zero-order valence-electron chi connectivity index (χ0n) is 13.0. The van der Waals surface area contributed by atoms with Crippen LogP contribution in [0.1, 0.15) is 38.0 Å². The SMILES string of the molecule is O=C1CC2(CCCC2)C(=O)N1Cc1nc(-c2cccc(Cl)c2)no1. The molecule has 6 nitrogen and oxygen atoms in total. The van der Waals surface area contributed by atoms with Gasteiger partial charge < -0.3 is 4.52 Å². The van der Waals surface area contributed by atoms with Crippen LogP contribution in [0.25, 0.3) is 11.4 Å². The van der Waals surface area contributed by atoms with Crippen molar-refractivity contribution in [2.24, 2.45) is 5.41 Å². The highest BCUT2D eigenvalue weighted by Gasteiger charge is 2.52. The van der Waals surface area contributed by atoms with Crippen molar-refractivity contribution in [2.45, 2.75) is 38.6 Å². The molecule has 1 spiro atoms. The van der Waals surface area contributed by atoms with E-state index in [-0.39, 0.29) is 24.2 Å². The fourth-order valence-corrected chi connectivity index (χ4v) is 3.85. The number of rotatable bonds is 3. The maximum absolute atomic E-state index is 12.7. The van der Waals surface area contributed by atoms with Crippen LogP contribution in [0.2, 0.25) is 5.02 Å². The van der Waals surface area contributed by atoms with Gasteiger partial charge in [-0.3, -0.25) is 14.5 Å². The molecule has 0 bridgehead atoms. The Labute approximate surface area is 143 Å². The average molecular weight is 346 g/mol. The molecule has 2 heterocycles. The molecule has 2 amide bonds. The van der Waals surface area contributed by atoms with Gasteiger partial charge in [0.1, 0.15) is 6.54 Å². The highest BCUT2D eigenvalue weighted by Crippen LogP contribution is 2.47. The Bertz CT molecular complexity index is 811. The van der Waals surface area contributed by atoms with E-state index in [2.05, 4.69) is 10.1 Å². The lowest BCUT2D eigenvalue weighted by Crippen LogP contribution is -2.34. The summed E-state index contributed by atoms with van der Waals surface area (Å²) in [6.45, 7) is 0.0347. The number of amides is 2. The van der Waals surface area contributed by atoms with Crippen LogP contribution in [0.3, 0.4) is 0 Å². The molecule has 0 atom stereocenters. The quantitative estimate of drug-likeness (QED) is 0.798. The Morgan fingerprint density at radius 2 is 2.04 bits per heavy atom. The van der Waals surface area contributed by atoms with Gasteiger partial charge >= 0.3 is 0 Å². The Morgan fingerprint density at radius 1 is 1.25 bits per heavy atom. The van der Waals surface area contributed by atoms with E-state index in [0.29, 0.717) is 17.3 Å². The van der Waals surface area contributed by atoms with Gasteiger partial charge in [0.05, 0.1) is 5.41 Å². The van der Waals surface area contributed by atoms with Crippen molar-refractivity contribution in [3.05, 3.63) is 35.2 Å². The summed E-state index contributed by atoms with van der Waals surface area (Å²) in [7, 11) is 0. The molecular weight excluding hydrogens is 330 g/mol. The molecule has 1 aliphatic heterocycles. The number of nitrogens with zero attached hydrogens (tertiary/aromatic N) is 3. The molecule has 124 valence electrons. The van der Waals surface area contributed by atoms with Crippen molar-refractivity contribution in [3.8, 4) is 11.4 Å². The number of carbonyl (C=O) groups excluding carboxylic acids is 2. The molecule has 7 heteroatoms. The van der Waals surface area contributed by atoms with Crippen LogP contribution in [0.15, 0.2) is 28.8 Å². The second-order valence-corrected chi connectivity index (χ2v) is 6.91. The standard InChI is InChI=1S/C17H16ClN3O3/c18-12-5-3-4-11(8-12)15-19-13(24-20-15)10-21-14(22)9-17(16(21)23)6-1-2-7-17/h3-5,8H,1-2,6-7,9-10H2. The number of aromatic nitrogens is 2. The van der Waals surface area contributed by atoms with E-state index in [0.717, 1.165) is 31.2 Å². The number of hydrogen-bond donors (Lipinski definition) is 0. The van der Waals surface area contributed by atoms with E-state index in [1.165, 1.54) is 4.90 Å². The third-order valence-corrected chi connectivity index (χ3v) is 5.13. The van der Waals surface area contributed by atoms with Crippen LogP contribution in [-0.4, -0.2) is 26.9 Å². The first-order valence-electron chi connectivity index (χ1n) is 8.01. The van der Waals surface area contributed by atoms with Gasteiger partial charge in [0, 0.05) is 17.0 Å². The van der Waals surface area contributed by atoms with Crippen molar-refractivity contribution >= 4 is 23.4 Å². The number of hydrogen-bond acceptors (Lipinski definition) is 5. The molecule has 0 radical (unpaired) electrons. The first-order valence-corrected chi connectivity index (χ1v) is 8.39. The molecule has 2 aromatic rings. The summed E-state index contributed by atoms with van der Waals surface area (Å²) >= 11 is 5.96. The second kappa shape index (κ2) is 5.70. The van der Waals surface area contributed by atoms with Crippen molar-refractivity contribution in [1.82, 2.24) is 15.0 Å². The topological polar surface area (TPSA) is 76.3 Å². The molecule has 0 unspecified atom stereocenters. The van der Waals surface area contributed by atoms with Crippen molar-refractivity contribution in [3.63, 3.8) is 0 Å². The van der Waals surface area contributed by atoms with Crippen LogP contribution in [0.4, 0.5) is 0 Å². The monoisotopic (exact) mass is 345 g/mol. The summed E-state index contributed by atoms with van der Waals surface area (Å²) in [5, 5.41) is 4.49. The fourth-order valence-electron chi connectivity index (χ4n) is 3.66. The minimum absolute atomic E-state index is 0.0347. The third kappa shape index (κ3) is 2.51. The van der Waals surface area contributed by atoms with Crippen LogP contribution in [-0.2, 0) is 16.1 Å². The van der Waals surface area contributed by atoms with Gasteiger partial charge in [-0.05, 0) is 25.0 Å². The van der Waals surface area contributed by atoms with Gasteiger partial charge in [0.2, 0.25) is 23.5 Å². The molecule has 24 heavy (non-hydrogen) atoms. The Balaban J connectivity index is 1.54. The molecule has 2 fully saturated rings. The zero-order valence-corrected chi connectivity index (χ0v) is 13.8. The van der Waals surface area contributed by atoms with E-state index >= 15 is 0 Å². The summed E-state index contributed by atoms with van der Waals surface area (Å²) in [5.41, 5.74) is 0.247. The van der Waals surface area contributed by atoms with Crippen LogP contribution in [0.5, 0.6) is 0 Å². The molecule has 1 aromatic heterocycles. The van der Waals surface area contributed by atoms with E-state index in [9.17, 15) is 9.59 Å². The second-order valence-electron chi connectivity index (χ2n) is 6.47. The Kier molecular flexibility index (Phi) is 3.64. The molecule has 0 N–H and O–H groups in total. The van der Waals surface area contributed by atoms with E-state index in [1.54, 1.807) is 18.2 Å². The molecule has 1 aliphatic carbocycles. The van der Waals surface area contributed by atoms with Gasteiger partial charge in [-0.2, -0.15) is 4.98 Å². The predicted octanol–water partition coefficient (Wildman–Crippen LogP) is 3.21. The molecule has 1 saturated heterocycles. The maximum atomic E-state index is 12.7. The van der Waals surface area contributed by atoms with Crippen molar-refractivity contribution in [2.75, 3.05) is 0 Å². The van der Waals surface area contributed by atoms with Crippen molar-refractivity contribution in [1.29, 1.82) is 0 Å². The Hall–Kier alpha value is -2.21. The van der Waals surface area contributed by atoms with E-state index in [4.69, 9.17) is 16.1 Å². The van der Waals surface area contributed by atoms with Gasteiger partial charge in [-0.25, -0.2) is 0 Å². The number of halogens is 1. The number of likely N-dealkylation sites (tertiary alicyclic amines) is 1. The van der Waals surface area contributed by atoms with Gasteiger partial charge in [-0.1, -0.05) is 41.7 Å². The van der Waals surface area contributed by atoms with Crippen molar-refractivity contribution < 1.29 is 14.1 Å². The summed E-state index contributed by atoms with van der Waals surface area (Å²) in [6.07, 6.45) is 3.91. The lowest BCUT2D eigenvalue weighted by Gasteiger charge is -2.19. The zero-order chi connectivity index (χ0) is 16.7. The summed E-state index contributed by atoms with van der Waals surface area (Å²) in [6, 6.07) is 7.11. The van der Waals surface area contributed by atoms with Gasteiger partial charge in [-0.15, -0.1) is 0 Å². The number of carbonyl (C=O) groups is 2. The van der Waals surface area contributed by atoms with E-state index < -0.39 is 5.41 Å². The molecule has 1 saturated carbocycles. The smallest absolute Gasteiger partial charge is 0.247 e. The fraction of sp³-hybridized carbons (Fsp3) is 0.412. The molecule has 2 aliphatic rings. The summed E-state index contributed by atoms with van der Waals surface area (Å²) in [5.74, 6) is 0.404. The van der Waals surface area contributed by atoms with Gasteiger partial charge in [0.15, 0.2) is 0 Å². The highest BCUT2D eigenvalue weighted by atomic mass is 35.5. The summed E-state index contributed by atoms with van der Waals surface area (Å²) < 4.78 is 5.22. The minimum atomic E-state index is -0.479. The first-order chi connectivity index (χ1) is 11.6. The maximum Gasteiger partial charge on any atom is 0.247 e. The normalized spacial score (nSPS) is 19.6. The molecule has 1 aromatic carbocycles. The predicted molar refractivity (Wildman–Crippen MR) is 85.8 cm³/mol. The Morgan fingerprint density at radius 3 is 2.79 bits per heavy atom. The third-order valence-electron chi connectivity index (χ3n) is 4.89. The number of benzene rings is 1. The molecular formula is C17H16ClN3O3. The lowest BCUT2D eigenvalue weighted by molar-refractivity contribution is -0.142. The van der Waals surface area contributed by atoms with Crippen LogP contribution in [0, 0.1) is 5.41 Å². The summed E-state index contributed by atoms with van der Waals surface area (Å²) in [4.78, 5) is 30.5. The average Bonchev–Trinajstić information content (AvgIpc) is 3.26. The van der Waals surface area contributed by atoms with E-state index in [1.807, 2.05) is 6.07 Å². The van der Waals surface area contributed by atoms with Crippen LogP contribution < -0.4 is 0 Å². The van der Waals surface area contributed by atoms with Gasteiger partial charge in [0.25, 0.3) is 0 Å².